The van der Waals surface area contributed by atoms with Crippen LogP contribution in [0.25, 0.3) is 5.57 Å². The van der Waals surface area contributed by atoms with Gasteiger partial charge in [0, 0.05) is 26.1 Å². The molecule has 2 aromatic carbocycles. The summed E-state index contributed by atoms with van der Waals surface area (Å²) in [6.45, 7) is 9.76. The standard InChI is InChI=1S/C25H27N3O/c1-3-7-20(4-2)21-12-10-19(11-13-21)18-26-24-25(14-16-29-17-15-25)28-23-9-6-5-8-22(23)27-24/h3-13,28H,1-2,14-18H2,(H,26,27)/b20-7+. The SMILES string of the molecule is C=C/C=C(\C=C)c1ccc(CN=C2Nc3ccccc3NC23CCOCC3)cc1. The van der Waals surface area contributed by atoms with Gasteiger partial charge in [0.25, 0.3) is 0 Å². The van der Waals surface area contributed by atoms with Crippen molar-refractivity contribution in [3.05, 3.63) is 91.0 Å². The summed E-state index contributed by atoms with van der Waals surface area (Å²) in [5.41, 5.74) is 5.38. The van der Waals surface area contributed by atoms with Crippen LogP contribution >= 0.6 is 0 Å². The van der Waals surface area contributed by atoms with Gasteiger partial charge < -0.3 is 15.4 Å². The van der Waals surface area contributed by atoms with Gasteiger partial charge in [0.15, 0.2) is 0 Å². The van der Waals surface area contributed by atoms with E-state index in [0.29, 0.717) is 6.54 Å². The lowest BCUT2D eigenvalue weighted by Gasteiger charge is -2.43. The molecule has 29 heavy (non-hydrogen) atoms. The van der Waals surface area contributed by atoms with E-state index in [0.717, 1.165) is 54.4 Å². The molecule has 0 saturated carbocycles. The van der Waals surface area contributed by atoms with Crippen molar-refractivity contribution in [3.8, 4) is 0 Å². The molecular formula is C25H27N3O. The molecular weight excluding hydrogens is 358 g/mol. The predicted molar refractivity (Wildman–Crippen MR) is 122 cm³/mol. The molecule has 1 fully saturated rings. The highest BCUT2D eigenvalue weighted by Crippen LogP contribution is 2.36. The number of hydrogen-bond donors (Lipinski definition) is 2. The first-order valence-electron chi connectivity index (χ1n) is 10.1. The van der Waals surface area contributed by atoms with Crippen LogP contribution in [0.4, 0.5) is 11.4 Å². The molecule has 0 amide bonds. The van der Waals surface area contributed by atoms with Gasteiger partial charge in [-0.05, 0) is 28.8 Å². The summed E-state index contributed by atoms with van der Waals surface area (Å²) >= 11 is 0. The fourth-order valence-corrected chi connectivity index (χ4v) is 3.92. The summed E-state index contributed by atoms with van der Waals surface area (Å²) in [5.74, 6) is 1.00. The molecule has 0 bridgehead atoms. The maximum atomic E-state index is 5.62. The van der Waals surface area contributed by atoms with Crippen molar-refractivity contribution >= 4 is 22.8 Å². The molecule has 4 heteroatoms. The van der Waals surface area contributed by atoms with E-state index in [2.05, 4.69) is 66.3 Å². The average molecular weight is 386 g/mol. The third-order valence-electron chi connectivity index (χ3n) is 5.58. The van der Waals surface area contributed by atoms with Crippen molar-refractivity contribution in [2.45, 2.75) is 24.9 Å². The van der Waals surface area contributed by atoms with Gasteiger partial charge in [-0.25, -0.2) is 0 Å². The lowest BCUT2D eigenvalue weighted by atomic mass is 9.86. The fraction of sp³-hybridized carbons (Fsp3) is 0.240. The van der Waals surface area contributed by atoms with Crippen LogP contribution in [0.1, 0.15) is 24.0 Å². The third kappa shape index (κ3) is 4.03. The Labute approximate surface area is 172 Å². The fourth-order valence-electron chi connectivity index (χ4n) is 3.92. The van der Waals surface area contributed by atoms with Crippen LogP contribution in [0.5, 0.6) is 0 Å². The number of rotatable bonds is 5. The minimum Gasteiger partial charge on any atom is -0.381 e. The van der Waals surface area contributed by atoms with Crippen molar-refractivity contribution in [3.63, 3.8) is 0 Å². The van der Waals surface area contributed by atoms with Gasteiger partial charge in [0.2, 0.25) is 0 Å². The number of fused-ring (bicyclic) bond motifs is 1. The second-order valence-corrected chi connectivity index (χ2v) is 7.41. The van der Waals surface area contributed by atoms with Crippen LogP contribution in [0.15, 0.2) is 84.9 Å². The number of amidine groups is 1. The zero-order valence-corrected chi connectivity index (χ0v) is 16.7. The second-order valence-electron chi connectivity index (χ2n) is 7.41. The Balaban J connectivity index is 1.58. The van der Waals surface area contributed by atoms with Crippen molar-refractivity contribution in [1.29, 1.82) is 0 Å². The van der Waals surface area contributed by atoms with E-state index in [4.69, 9.17) is 9.73 Å². The van der Waals surface area contributed by atoms with E-state index in [1.54, 1.807) is 6.08 Å². The molecule has 2 aliphatic rings. The summed E-state index contributed by atoms with van der Waals surface area (Å²) in [5, 5.41) is 7.32. The molecule has 2 aromatic rings. The monoisotopic (exact) mass is 385 g/mol. The van der Waals surface area contributed by atoms with Gasteiger partial charge >= 0.3 is 0 Å². The Bertz CT molecular complexity index is 950. The molecule has 148 valence electrons. The van der Waals surface area contributed by atoms with Gasteiger partial charge in [-0.3, -0.25) is 4.99 Å². The number of aliphatic imine (C=N–C) groups is 1. The summed E-state index contributed by atoms with van der Waals surface area (Å²) in [6.07, 6.45) is 7.40. The highest BCUT2D eigenvalue weighted by atomic mass is 16.5. The Kier molecular flexibility index (Phi) is 5.63. The van der Waals surface area contributed by atoms with Crippen LogP contribution in [-0.2, 0) is 11.3 Å². The first-order valence-corrected chi connectivity index (χ1v) is 10.1. The quantitative estimate of drug-likeness (QED) is 0.675. The topological polar surface area (TPSA) is 45.7 Å². The Hall–Kier alpha value is -3.11. The Morgan fingerprint density at radius 3 is 2.45 bits per heavy atom. The number of anilines is 2. The summed E-state index contributed by atoms with van der Waals surface area (Å²) in [7, 11) is 0. The number of para-hydroxylation sites is 2. The van der Waals surface area contributed by atoms with E-state index >= 15 is 0 Å². The predicted octanol–water partition coefficient (Wildman–Crippen LogP) is 5.43. The Morgan fingerprint density at radius 2 is 1.76 bits per heavy atom. The van der Waals surface area contributed by atoms with Crippen molar-refractivity contribution in [2.75, 3.05) is 23.8 Å². The molecule has 2 N–H and O–H groups in total. The lowest BCUT2D eigenvalue weighted by Crippen LogP contribution is -2.55. The minimum atomic E-state index is -0.185. The molecule has 2 heterocycles. The van der Waals surface area contributed by atoms with Crippen molar-refractivity contribution in [1.82, 2.24) is 0 Å². The smallest absolute Gasteiger partial charge is 0.127 e. The molecule has 2 aliphatic heterocycles. The van der Waals surface area contributed by atoms with E-state index in [9.17, 15) is 0 Å². The van der Waals surface area contributed by atoms with Gasteiger partial charge in [-0.15, -0.1) is 0 Å². The average Bonchev–Trinajstić information content (AvgIpc) is 2.77. The zero-order chi connectivity index (χ0) is 20.1. The highest BCUT2D eigenvalue weighted by molar-refractivity contribution is 6.09. The number of allylic oxidation sites excluding steroid dienone is 4. The molecule has 0 radical (unpaired) electrons. The van der Waals surface area contributed by atoms with Crippen LogP contribution in [0.2, 0.25) is 0 Å². The van der Waals surface area contributed by atoms with E-state index in [1.165, 1.54) is 5.56 Å². The van der Waals surface area contributed by atoms with Crippen molar-refractivity contribution < 1.29 is 4.74 Å². The molecule has 1 saturated heterocycles. The summed E-state index contributed by atoms with van der Waals surface area (Å²) < 4.78 is 5.62. The van der Waals surface area contributed by atoms with Gasteiger partial charge in [-0.2, -0.15) is 0 Å². The summed E-state index contributed by atoms with van der Waals surface area (Å²) in [4.78, 5) is 5.00. The second kappa shape index (κ2) is 8.50. The molecule has 0 unspecified atom stereocenters. The first kappa shape index (κ1) is 19.2. The zero-order valence-electron chi connectivity index (χ0n) is 16.7. The molecule has 4 rings (SSSR count). The van der Waals surface area contributed by atoms with Crippen molar-refractivity contribution in [2.24, 2.45) is 4.99 Å². The molecule has 4 nitrogen and oxygen atoms in total. The minimum absolute atomic E-state index is 0.185. The van der Waals surface area contributed by atoms with Gasteiger partial charge in [0.05, 0.1) is 23.5 Å². The maximum Gasteiger partial charge on any atom is 0.127 e. The number of ether oxygens (including phenoxy) is 1. The highest BCUT2D eigenvalue weighted by Gasteiger charge is 2.41. The first-order chi connectivity index (χ1) is 14.2. The largest absolute Gasteiger partial charge is 0.381 e. The van der Waals surface area contributed by atoms with E-state index < -0.39 is 0 Å². The number of hydrogen-bond acceptors (Lipinski definition) is 3. The Morgan fingerprint density at radius 1 is 1.03 bits per heavy atom. The number of nitrogens with zero attached hydrogens (tertiary/aromatic N) is 1. The molecule has 0 atom stereocenters. The molecule has 0 aliphatic carbocycles. The maximum absolute atomic E-state index is 5.62. The normalized spacial score (nSPS) is 19.2. The van der Waals surface area contributed by atoms with Gasteiger partial charge in [0.1, 0.15) is 5.84 Å². The number of benzene rings is 2. The van der Waals surface area contributed by atoms with Crippen LogP contribution in [0.3, 0.4) is 0 Å². The van der Waals surface area contributed by atoms with E-state index in [-0.39, 0.29) is 5.54 Å². The molecule has 0 aromatic heterocycles. The van der Waals surface area contributed by atoms with Gasteiger partial charge in [-0.1, -0.05) is 67.8 Å². The number of nitrogens with one attached hydrogen (secondary N) is 2. The van der Waals surface area contributed by atoms with Crippen LogP contribution < -0.4 is 10.6 Å². The summed E-state index contributed by atoms with van der Waals surface area (Å²) in [6, 6.07) is 16.8. The molecule has 1 spiro atoms. The lowest BCUT2D eigenvalue weighted by molar-refractivity contribution is 0.0778. The van der Waals surface area contributed by atoms with E-state index in [1.807, 2.05) is 18.2 Å². The van der Waals surface area contributed by atoms with Crippen LogP contribution in [0, 0.1) is 0 Å². The third-order valence-corrected chi connectivity index (χ3v) is 5.58. The van der Waals surface area contributed by atoms with Crippen LogP contribution in [-0.4, -0.2) is 24.6 Å².